The largest absolute Gasteiger partial charge is 0.481 e. The van der Waals surface area contributed by atoms with Gasteiger partial charge in [0.1, 0.15) is 24.5 Å². The number of carboxylic acid groups (broad SMARTS) is 2. The molecule has 7 saturated heterocycles. The van der Waals surface area contributed by atoms with Crippen LogP contribution in [0.3, 0.4) is 0 Å². The Balaban J connectivity index is -0.000000302. The molecule has 7 rings (SSSR count). The first-order valence-electron chi connectivity index (χ1n) is 47.8. The van der Waals surface area contributed by atoms with Crippen molar-refractivity contribution < 1.29 is 142 Å². The Morgan fingerprint density at radius 1 is 0.343 bits per heavy atom. The van der Waals surface area contributed by atoms with Gasteiger partial charge in [-0.05, 0) is 57.2 Å². The average molecular weight is 2050 g/mol. The normalized spacial score (nSPS) is 23.1. The molecule has 7 aliphatic heterocycles. The number of carbonyl (C=O) groups is 16. The summed E-state index contributed by atoms with van der Waals surface area (Å²) < 4.78 is 15.4. The summed E-state index contributed by atoms with van der Waals surface area (Å²) in [6.07, 6.45) is -0.910. The minimum Gasteiger partial charge on any atom is -0.481 e. The maximum absolute atomic E-state index is 12.7. The predicted molar refractivity (Wildman–Crippen MR) is 556 cm³/mol. The molecular weight excluding hydrogens is 1850 g/mol. The zero-order valence-corrected chi connectivity index (χ0v) is 87.1. The first-order chi connectivity index (χ1) is 61.9. The molecule has 6 amide bonds. The fraction of sp³-hybridized carbons (Fsp3) is 0.849. The highest BCUT2D eigenvalue weighted by Gasteiger charge is 2.48. The Morgan fingerprint density at radius 2 is 0.650 bits per heavy atom. The van der Waals surface area contributed by atoms with E-state index >= 15 is 0 Å². The van der Waals surface area contributed by atoms with Gasteiger partial charge < -0.3 is 105 Å². The SMILES string of the molecule is C.C.C.C.C.C.C.CC(=O)N1C[C@H](O)C[C@H]1C(=O)CC(C)(C)C.CC(=O)N1C[C@H](O)C[C@H]1C(=O)CNC(CC(C)(C)C)C(=O)C(C)(C)C.CC(=O)N1C[C@H](O)[C@H](O)[C@H]1C(=O)CC(C)(C)C.CC(C)(C)CC(=O)[C@@H]1C[C@@H](O)CN1.CC(C)(C)CC(=O)[C@@H]1C[C@@H](O)CN1C(=O)CCC(=O)O.CC(C)(C)CC(=O)[C@@H]1C[C@@H](O)CN1C(=O)CCCC(=O)O.COCCOCCOCC(=O)N1C[C@H](O)C[C@H]1C(=O)CC(C)(C)C. The van der Waals surface area contributed by atoms with Crippen molar-refractivity contribution in [2.24, 2.45) is 43.3 Å². The molecule has 7 heterocycles. The highest BCUT2D eigenvalue weighted by Crippen LogP contribution is 2.34. The number of ether oxygens (including phenoxy) is 3. The summed E-state index contributed by atoms with van der Waals surface area (Å²) >= 11 is 0. The number of rotatable bonds is 33. The van der Waals surface area contributed by atoms with Crippen molar-refractivity contribution in [2.45, 2.75) is 452 Å². The molecule has 0 spiro atoms. The first-order valence-corrected chi connectivity index (χ1v) is 47.8. The number of nitrogens with zero attached hydrogens (tertiary/aromatic N) is 6. The molecule has 143 heavy (non-hydrogen) atoms. The number of amides is 6. The van der Waals surface area contributed by atoms with Gasteiger partial charge in [-0.3, -0.25) is 76.7 Å². The maximum atomic E-state index is 12.7. The molecule has 7 aliphatic rings. The van der Waals surface area contributed by atoms with E-state index in [1.54, 1.807) is 7.11 Å². The third-order valence-electron chi connectivity index (χ3n) is 22.7. The second-order valence-corrected chi connectivity index (χ2v) is 46.8. The summed E-state index contributed by atoms with van der Waals surface area (Å²) in [5.74, 6) is -3.65. The Labute approximate surface area is 859 Å². The van der Waals surface area contributed by atoms with Crippen molar-refractivity contribution in [3.8, 4) is 0 Å². The van der Waals surface area contributed by atoms with Crippen molar-refractivity contribution in [1.29, 1.82) is 0 Å². The highest BCUT2D eigenvalue weighted by molar-refractivity contribution is 5.95. The van der Waals surface area contributed by atoms with Gasteiger partial charge in [0, 0.05) is 162 Å². The Bertz CT molecular complexity index is 3910. The van der Waals surface area contributed by atoms with E-state index in [1.165, 1.54) is 50.2 Å². The summed E-state index contributed by atoms with van der Waals surface area (Å²) in [5.41, 5.74) is -1.28. The Morgan fingerprint density at radius 3 is 0.965 bits per heavy atom. The summed E-state index contributed by atoms with van der Waals surface area (Å²) in [6.45, 7) is 54.6. The molecule has 0 radical (unpaired) electrons. The van der Waals surface area contributed by atoms with Crippen LogP contribution in [0.2, 0.25) is 0 Å². The summed E-state index contributed by atoms with van der Waals surface area (Å²) in [5, 5.41) is 100. The van der Waals surface area contributed by atoms with Crippen LogP contribution in [0.25, 0.3) is 0 Å². The Kier molecular flexibility index (Phi) is 68.7. The smallest absolute Gasteiger partial charge is 0.303 e. The predicted octanol–water partition coefficient (Wildman–Crippen LogP) is 10.3. The van der Waals surface area contributed by atoms with Gasteiger partial charge in [0.05, 0.1) is 131 Å². The van der Waals surface area contributed by atoms with Crippen LogP contribution >= 0.6 is 0 Å². The molecule has 840 valence electrons. The van der Waals surface area contributed by atoms with E-state index < -0.39 is 102 Å². The molecule has 16 atom stereocenters. The van der Waals surface area contributed by atoms with E-state index in [2.05, 4.69) is 52.2 Å². The van der Waals surface area contributed by atoms with Gasteiger partial charge in [0.25, 0.3) is 0 Å². The quantitative estimate of drug-likeness (QED) is 0.0272. The molecular formula is C106H202N8O29. The van der Waals surface area contributed by atoms with Crippen LogP contribution in [-0.4, -0.2) is 364 Å². The van der Waals surface area contributed by atoms with Crippen LogP contribution in [0.4, 0.5) is 0 Å². The number of likely N-dealkylation sites (tertiary alicyclic amines) is 6. The van der Waals surface area contributed by atoms with Crippen LogP contribution in [0.5, 0.6) is 0 Å². The third-order valence-corrected chi connectivity index (χ3v) is 22.7. The monoisotopic (exact) mass is 2050 g/mol. The number of aliphatic carboxylic acids is 2. The van der Waals surface area contributed by atoms with Crippen molar-refractivity contribution in [3.05, 3.63) is 0 Å². The van der Waals surface area contributed by atoms with Crippen LogP contribution < -0.4 is 10.6 Å². The number of Topliss-reactive ketones (excluding diaryl/α,β-unsaturated/α-hetero) is 8. The number of aliphatic hydroxyl groups excluding tert-OH is 8. The molecule has 0 aromatic carbocycles. The summed E-state index contributed by atoms with van der Waals surface area (Å²) in [7, 11) is 1.60. The minimum atomic E-state index is -1.17. The molecule has 0 aromatic rings. The van der Waals surface area contributed by atoms with Gasteiger partial charge in [-0.15, -0.1) is 0 Å². The number of hydrogen-bond acceptors (Lipinski definition) is 29. The van der Waals surface area contributed by atoms with E-state index in [9.17, 15) is 118 Å². The van der Waals surface area contributed by atoms with Gasteiger partial charge in [0.15, 0.2) is 40.5 Å². The lowest BCUT2D eigenvalue weighted by molar-refractivity contribution is -0.142. The van der Waals surface area contributed by atoms with Crippen molar-refractivity contribution in [1.82, 2.24) is 40.0 Å². The zero-order valence-electron chi connectivity index (χ0n) is 87.1. The lowest BCUT2D eigenvalue weighted by atomic mass is 9.79. The van der Waals surface area contributed by atoms with Crippen LogP contribution in [0.15, 0.2) is 0 Å². The van der Waals surface area contributed by atoms with E-state index in [0.717, 1.165) is 0 Å². The van der Waals surface area contributed by atoms with Crippen LogP contribution in [0, 0.1) is 43.3 Å². The number of ketones is 8. The lowest BCUT2D eigenvalue weighted by Gasteiger charge is -2.31. The van der Waals surface area contributed by atoms with Gasteiger partial charge in [-0.1, -0.05) is 218 Å². The first kappa shape index (κ1) is 149. The molecule has 0 saturated carbocycles. The van der Waals surface area contributed by atoms with Gasteiger partial charge in [-0.2, -0.15) is 0 Å². The average Bonchev–Trinajstić information content (AvgIpc) is 1.65. The van der Waals surface area contributed by atoms with Crippen molar-refractivity contribution >= 4 is 93.6 Å². The summed E-state index contributed by atoms with van der Waals surface area (Å²) in [6, 6.07) is -4.21. The minimum absolute atomic E-state index is 0. The van der Waals surface area contributed by atoms with Crippen molar-refractivity contribution in [3.63, 3.8) is 0 Å². The number of hydrogen-bond donors (Lipinski definition) is 12. The Hall–Kier alpha value is -7.40. The van der Waals surface area contributed by atoms with Crippen molar-refractivity contribution in [2.75, 3.05) is 92.5 Å². The molecule has 7 fully saturated rings. The van der Waals surface area contributed by atoms with E-state index in [1.807, 2.05) is 125 Å². The second-order valence-electron chi connectivity index (χ2n) is 46.8. The van der Waals surface area contributed by atoms with E-state index in [0.29, 0.717) is 90.8 Å². The topological polar surface area (TPSA) is 547 Å². The number of carboxylic acids is 2. The number of methoxy groups -OCH3 is 1. The summed E-state index contributed by atoms with van der Waals surface area (Å²) in [4.78, 5) is 198. The number of nitrogens with one attached hydrogen (secondary N) is 2. The fourth-order valence-corrected chi connectivity index (χ4v) is 16.7. The van der Waals surface area contributed by atoms with Crippen LogP contribution in [0.1, 0.15) is 355 Å². The molecule has 0 aromatic heterocycles. The van der Waals surface area contributed by atoms with E-state index in [-0.39, 0.29) is 294 Å². The molecule has 0 bridgehead atoms. The molecule has 37 heteroatoms. The standard InChI is InChI=1S/C19H34N2O4.C17H31NO6.C15H25NO5.C14H23NO5.C12H21NO4.C12H21NO3.C10H19NO2.7CH4/c1-12(22)21-11-13(23)8-15(21)16(24)10-20-14(9-18(2,3)4)17(25)19(5,6)7;1-17(2,3)10-15(20)14-9-13(19)11-18(14)16(21)12-24-8-7-23-6-5-22-4;1-15(2,3)8-12(18)11-7-10(17)9-16(11)13(19)5-4-6-14(20)21;1-14(2,3)7-11(17)10-6-9(16)8-15(10)12(18)4-5-13(19)20;1-7(14)13-6-9(16)11(17)10(13)8(15)5-12(2,3)4;1-8(14)13-7-9(15)5-10(13)11(16)6-12(2,3)4;1-10(2,3)5-9(13)8-4-7(12)6-11-8;;;;;;;/h13-15,20,23H,8-11H2,1-7H3;13-14,19H,5-12H2,1-4H3;10-11,17H,4-9H2,1-3H3,(H,20,21);9-10,16H,4-8H2,1-3H3,(H,19,20);9-11,16-17H,5-6H2,1-4H3;9-10,15H,5-7H2,1-4H3;7-8,11-12H,4-6H2,1-3H3;7*1H4/t13-,14?,15+;13-,14+;10-,11+;9-,10+;9-,10+,11-;9-,10+;7-,8+;;;;;;;/m1111011......./s1. The lowest BCUT2D eigenvalue weighted by Crippen LogP contribution is -2.49. The molecule has 12 N–H and O–H groups in total. The molecule has 1 unspecified atom stereocenters. The van der Waals surface area contributed by atoms with Gasteiger partial charge in [0.2, 0.25) is 35.4 Å². The highest BCUT2D eigenvalue weighted by atomic mass is 16.5. The van der Waals surface area contributed by atoms with Gasteiger partial charge in [-0.25, -0.2) is 0 Å². The number of aliphatic hydroxyl groups is 8. The van der Waals surface area contributed by atoms with Gasteiger partial charge >= 0.3 is 11.9 Å². The second kappa shape index (κ2) is 66.1. The maximum Gasteiger partial charge on any atom is 0.303 e. The third kappa shape index (κ3) is 59.4. The number of carbonyl (C=O) groups excluding carboxylic acids is 14. The van der Waals surface area contributed by atoms with Crippen LogP contribution in [-0.2, 0) is 90.9 Å². The molecule has 37 nitrogen and oxygen atoms in total. The number of β-amino-alcohol motifs (C(OH)–C–C–N with tert-alkyl or cyclic N) is 7. The van der Waals surface area contributed by atoms with E-state index in [4.69, 9.17) is 24.4 Å². The zero-order chi connectivity index (χ0) is 105. The fourth-order valence-electron chi connectivity index (χ4n) is 16.7. The molecule has 0 aliphatic carbocycles.